The lowest BCUT2D eigenvalue weighted by Gasteiger charge is -2.01. The molecule has 0 fully saturated rings. The van der Waals surface area contributed by atoms with Gasteiger partial charge >= 0.3 is 0 Å². The van der Waals surface area contributed by atoms with Crippen molar-refractivity contribution in [3.63, 3.8) is 0 Å². The zero-order valence-electron chi connectivity index (χ0n) is 9.08. The molecule has 2 aromatic rings. The van der Waals surface area contributed by atoms with E-state index in [2.05, 4.69) is 26.2 Å². The highest BCUT2D eigenvalue weighted by atomic mass is 79.9. The Morgan fingerprint density at radius 1 is 1.50 bits per heavy atom. The highest BCUT2D eigenvalue weighted by Gasteiger charge is 2.17. The van der Waals surface area contributed by atoms with E-state index in [4.69, 9.17) is 0 Å². The normalized spacial score (nSPS) is 10.6. The molecule has 0 atom stereocenters. The first-order valence-electron chi connectivity index (χ1n) is 5.03. The van der Waals surface area contributed by atoms with Crippen LogP contribution in [-0.4, -0.2) is 25.2 Å². The smallest absolute Gasteiger partial charge is 0.258 e. The molecular formula is C10H8BrFN4O2. The molecule has 8 heteroatoms. The van der Waals surface area contributed by atoms with E-state index >= 15 is 0 Å². The Hall–Kier alpha value is -1.83. The van der Waals surface area contributed by atoms with Gasteiger partial charge in [-0.05, 0) is 6.07 Å². The lowest BCUT2D eigenvalue weighted by Crippen LogP contribution is -2.01. The summed E-state index contributed by atoms with van der Waals surface area (Å²) >= 11 is 3.26. The Morgan fingerprint density at radius 3 is 2.94 bits per heavy atom. The van der Waals surface area contributed by atoms with Crippen LogP contribution in [0.3, 0.4) is 0 Å². The molecule has 18 heavy (non-hydrogen) atoms. The fourth-order valence-corrected chi connectivity index (χ4v) is 1.87. The monoisotopic (exact) mass is 314 g/mol. The number of benzene rings is 1. The van der Waals surface area contributed by atoms with Crippen molar-refractivity contribution in [2.24, 2.45) is 0 Å². The molecule has 94 valence electrons. The third-order valence-electron chi connectivity index (χ3n) is 2.27. The zero-order valence-corrected chi connectivity index (χ0v) is 10.7. The molecule has 0 saturated carbocycles. The van der Waals surface area contributed by atoms with Crippen molar-refractivity contribution in [1.82, 2.24) is 15.0 Å². The Labute approximate surface area is 110 Å². The predicted octanol–water partition coefficient (Wildman–Crippen LogP) is 2.25. The highest BCUT2D eigenvalue weighted by Crippen LogP contribution is 2.23. The lowest BCUT2D eigenvalue weighted by molar-refractivity contribution is -0.384. The van der Waals surface area contributed by atoms with E-state index in [-0.39, 0.29) is 11.4 Å². The third kappa shape index (κ3) is 2.53. The van der Waals surface area contributed by atoms with E-state index < -0.39 is 10.7 Å². The van der Waals surface area contributed by atoms with Gasteiger partial charge in [0.15, 0.2) is 0 Å². The van der Waals surface area contributed by atoms with Crippen molar-refractivity contribution in [3.05, 3.63) is 46.0 Å². The van der Waals surface area contributed by atoms with Crippen LogP contribution >= 0.6 is 15.9 Å². The van der Waals surface area contributed by atoms with Crippen LogP contribution < -0.4 is 0 Å². The summed E-state index contributed by atoms with van der Waals surface area (Å²) in [6.07, 6.45) is 2.19. The van der Waals surface area contributed by atoms with E-state index in [9.17, 15) is 14.5 Å². The summed E-state index contributed by atoms with van der Waals surface area (Å²) in [6.45, 7) is 0. The molecular weight excluding hydrogens is 307 g/mol. The van der Waals surface area contributed by atoms with Crippen LogP contribution in [0.4, 0.5) is 10.1 Å². The SMILES string of the molecule is O=[N+]([O-])c1ccc(F)cc1-n1cc(CCBr)nn1. The van der Waals surface area contributed by atoms with Crippen molar-refractivity contribution in [2.45, 2.75) is 6.42 Å². The van der Waals surface area contributed by atoms with Gasteiger partial charge in [0.2, 0.25) is 0 Å². The van der Waals surface area contributed by atoms with Gasteiger partial charge in [-0.1, -0.05) is 21.1 Å². The van der Waals surface area contributed by atoms with Crippen molar-refractivity contribution in [2.75, 3.05) is 5.33 Å². The van der Waals surface area contributed by atoms with E-state index in [0.29, 0.717) is 17.4 Å². The first kappa shape index (κ1) is 12.6. The van der Waals surface area contributed by atoms with Crippen molar-refractivity contribution in [1.29, 1.82) is 0 Å². The van der Waals surface area contributed by atoms with E-state index in [1.54, 1.807) is 6.20 Å². The van der Waals surface area contributed by atoms with Gasteiger partial charge in [-0.15, -0.1) is 5.10 Å². The van der Waals surface area contributed by atoms with Gasteiger partial charge < -0.3 is 0 Å². The summed E-state index contributed by atoms with van der Waals surface area (Å²) in [5.74, 6) is -0.562. The number of alkyl halides is 1. The molecule has 0 radical (unpaired) electrons. The predicted molar refractivity (Wildman–Crippen MR) is 65.5 cm³/mol. The fourth-order valence-electron chi connectivity index (χ4n) is 1.46. The molecule has 0 aliphatic rings. The van der Waals surface area contributed by atoms with Crippen molar-refractivity contribution < 1.29 is 9.31 Å². The molecule has 0 N–H and O–H groups in total. The van der Waals surface area contributed by atoms with Crippen molar-refractivity contribution >= 4 is 21.6 Å². The van der Waals surface area contributed by atoms with Crippen LogP contribution in [0, 0.1) is 15.9 Å². The highest BCUT2D eigenvalue weighted by molar-refractivity contribution is 9.09. The van der Waals surface area contributed by atoms with Crippen LogP contribution in [0.1, 0.15) is 5.69 Å². The second kappa shape index (κ2) is 5.21. The molecule has 0 unspecified atom stereocenters. The van der Waals surface area contributed by atoms with Crippen LogP contribution in [-0.2, 0) is 6.42 Å². The second-order valence-electron chi connectivity index (χ2n) is 3.48. The standard InChI is InChI=1S/C10H8BrFN4O2/c11-4-3-8-6-15(14-13-8)10-5-7(12)1-2-9(10)16(17)18/h1-2,5-6H,3-4H2. The zero-order chi connectivity index (χ0) is 13.1. The van der Waals surface area contributed by atoms with Crippen LogP contribution in [0.2, 0.25) is 0 Å². The number of rotatable bonds is 4. The number of nitro groups is 1. The second-order valence-corrected chi connectivity index (χ2v) is 4.28. The molecule has 0 aliphatic carbocycles. The summed E-state index contributed by atoms with van der Waals surface area (Å²) < 4.78 is 14.4. The molecule has 0 spiro atoms. The summed E-state index contributed by atoms with van der Waals surface area (Å²) in [5.41, 5.74) is 0.519. The van der Waals surface area contributed by atoms with E-state index in [0.717, 1.165) is 18.2 Å². The maximum Gasteiger partial charge on any atom is 0.295 e. The largest absolute Gasteiger partial charge is 0.295 e. The number of hydrogen-bond donors (Lipinski definition) is 0. The number of nitro benzene ring substituents is 1. The summed E-state index contributed by atoms with van der Waals surface area (Å²) in [6, 6.07) is 3.21. The number of aryl methyl sites for hydroxylation is 1. The maximum absolute atomic E-state index is 13.2. The number of aromatic nitrogens is 3. The molecule has 0 aliphatic heterocycles. The lowest BCUT2D eigenvalue weighted by atomic mass is 10.2. The number of nitrogens with zero attached hydrogens (tertiary/aromatic N) is 4. The van der Waals surface area contributed by atoms with Crippen LogP contribution in [0.5, 0.6) is 0 Å². The topological polar surface area (TPSA) is 73.8 Å². The van der Waals surface area contributed by atoms with Gasteiger partial charge in [-0.3, -0.25) is 10.1 Å². The Balaban J connectivity index is 2.47. The number of halogens is 2. The Morgan fingerprint density at radius 2 is 2.28 bits per heavy atom. The average Bonchev–Trinajstić information content (AvgIpc) is 2.77. The fraction of sp³-hybridized carbons (Fsp3) is 0.200. The summed E-state index contributed by atoms with van der Waals surface area (Å²) in [5, 5.41) is 19.2. The van der Waals surface area contributed by atoms with Gasteiger partial charge in [0.05, 0.1) is 16.8 Å². The molecule has 1 heterocycles. The molecule has 0 amide bonds. The van der Waals surface area contributed by atoms with E-state index in [1.165, 1.54) is 4.68 Å². The summed E-state index contributed by atoms with van der Waals surface area (Å²) in [7, 11) is 0. The summed E-state index contributed by atoms with van der Waals surface area (Å²) in [4.78, 5) is 10.3. The van der Waals surface area contributed by atoms with Gasteiger partial charge in [-0.2, -0.15) is 0 Å². The maximum atomic E-state index is 13.2. The Bertz CT molecular complexity index is 587. The molecule has 1 aromatic heterocycles. The molecule has 6 nitrogen and oxygen atoms in total. The van der Waals surface area contributed by atoms with Crippen LogP contribution in [0.15, 0.2) is 24.4 Å². The van der Waals surface area contributed by atoms with Gasteiger partial charge in [-0.25, -0.2) is 9.07 Å². The molecule has 0 saturated heterocycles. The molecule has 2 rings (SSSR count). The number of hydrogen-bond acceptors (Lipinski definition) is 4. The van der Waals surface area contributed by atoms with Gasteiger partial charge in [0.1, 0.15) is 11.5 Å². The van der Waals surface area contributed by atoms with Gasteiger partial charge in [0, 0.05) is 23.9 Å². The first-order valence-corrected chi connectivity index (χ1v) is 6.15. The van der Waals surface area contributed by atoms with Gasteiger partial charge in [0.25, 0.3) is 5.69 Å². The quantitative estimate of drug-likeness (QED) is 0.493. The van der Waals surface area contributed by atoms with Crippen molar-refractivity contribution in [3.8, 4) is 5.69 Å². The molecule has 0 bridgehead atoms. The Kier molecular flexibility index (Phi) is 3.66. The minimum atomic E-state index is -0.583. The van der Waals surface area contributed by atoms with Crippen LogP contribution in [0.25, 0.3) is 5.69 Å². The molecule has 1 aromatic carbocycles. The third-order valence-corrected chi connectivity index (χ3v) is 2.67. The minimum Gasteiger partial charge on any atom is -0.258 e. The minimum absolute atomic E-state index is 0.0633. The average molecular weight is 315 g/mol. The van der Waals surface area contributed by atoms with E-state index in [1.807, 2.05) is 0 Å². The first-order chi connectivity index (χ1) is 8.61.